The molecule has 6 nitrogen and oxygen atoms in total. The van der Waals surface area contributed by atoms with Gasteiger partial charge < -0.3 is 10.1 Å². The van der Waals surface area contributed by atoms with Gasteiger partial charge >= 0.3 is 0 Å². The summed E-state index contributed by atoms with van der Waals surface area (Å²) in [5, 5.41) is 8.98. The highest BCUT2D eigenvalue weighted by atomic mass is 32.2. The lowest BCUT2D eigenvalue weighted by Gasteiger charge is -2.30. The number of nitrogens with two attached hydrogens (primary N) is 1. The van der Waals surface area contributed by atoms with Crippen molar-refractivity contribution in [2.24, 2.45) is 11.1 Å². The van der Waals surface area contributed by atoms with Gasteiger partial charge in [0, 0.05) is 12.6 Å². The fourth-order valence-electron chi connectivity index (χ4n) is 2.39. The van der Waals surface area contributed by atoms with Crippen LogP contribution in [-0.2, 0) is 14.8 Å². The molecule has 0 radical (unpaired) electrons. The Balaban J connectivity index is 1.62. The Hall–Kier alpha value is -0.700. The Morgan fingerprint density at radius 2 is 2.21 bits per heavy atom. The van der Waals surface area contributed by atoms with Gasteiger partial charge in [-0.25, -0.2) is 18.5 Å². The molecule has 2 aliphatic rings. The van der Waals surface area contributed by atoms with Crippen LogP contribution < -0.4 is 10.5 Å². The molecule has 1 aliphatic carbocycles. The summed E-state index contributed by atoms with van der Waals surface area (Å²) in [6, 6.07) is 0.304. The molecule has 0 amide bonds. The van der Waals surface area contributed by atoms with E-state index in [0.29, 0.717) is 17.3 Å². The molecule has 19 heavy (non-hydrogen) atoms. The summed E-state index contributed by atoms with van der Waals surface area (Å²) in [6.45, 7) is 0.756. The Bertz CT molecular complexity index is 553. The van der Waals surface area contributed by atoms with Crippen molar-refractivity contribution in [3.63, 3.8) is 0 Å². The smallest absolute Gasteiger partial charge is 0.249 e. The third kappa shape index (κ3) is 3.25. The van der Waals surface area contributed by atoms with Crippen molar-refractivity contribution in [2.75, 3.05) is 11.9 Å². The summed E-state index contributed by atoms with van der Waals surface area (Å²) in [4.78, 5) is 4.07. The van der Waals surface area contributed by atoms with E-state index in [1.54, 1.807) is 0 Å². The summed E-state index contributed by atoms with van der Waals surface area (Å²) < 4.78 is 28.2. The summed E-state index contributed by atoms with van der Waals surface area (Å²) in [7, 11) is -3.65. The van der Waals surface area contributed by atoms with Gasteiger partial charge in [-0.2, -0.15) is 0 Å². The first-order valence-electron chi connectivity index (χ1n) is 6.39. The number of nitrogens with zero attached hydrogens (tertiary/aromatic N) is 1. The zero-order valence-corrected chi connectivity index (χ0v) is 12.0. The number of nitrogens with one attached hydrogen (secondary N) is 1. The van der Waals surface area contributed by atoms with Crippen LogP contribution in [0.3, 0.4) is 0 Å². The second-order valence-electron chi connectivity index (χ2n) is 5.14. The van der Waals surface area contributed by atoms with Crippen LogP contribution in [0.5, 0.6) is 0 Å². The number of primary sulfonamides is 1. The van der Waals surface area contributed by atoms with Crippen molar-refractivity contribution in [1.82, 2.24) is 4.98 Å². The highest BCUT2D eigenvalue weighted by Gasteiger charge is 2.36. The molecule has 1 saturated carbocycles. The molecule has 8 heteroatoms. The topological polar surface area (TPSA) is 94.3 Å². The number of anilines is 1. The van der Waals surface area contributed by atoms with Gasteiger partial charge in [0.05, 0.1) is 12.3 Å². The number of hydrogen-bond donors (Lipinski definition) is 2. The maximum Gasteiger partial charge on any atom is 0.249 e. The Labute approximate surface area is 116 Å². The van der Waals surface area contributed by atoms with Gasteiger partial charge in [-0.3, -0.25) is 0 Å². The summed E-state index contributed by atoms with van der Waals surface area (Å²) >= 11 is 1.08. The van der Waals surface area contributed by atoms with E-state index in [1.807, 2.05) is 0 Å². The molecule has 2 heterocycles. The second-order valence-corrected chi connectivity index (χ2v) is 7.96. The predicted octanol–water partition coefficient (Wildman–Crippen LogP) is 1.16. The highest BCUT2D eigenvalue weighted by Crippen LogP contribution is 2.38. The lowest BCUT2D eigenvalue weighted by molar-refractivity contribution is -0.00218. The van der Waals surface area contributed by atoms with Crippen LogP contribution in [0.2, 0.25) is 0 Å². The van der Waals surface area contributed by atoms with Crippen molar-refractivity contribution < 1.29 is 13.2 Å². The largest absolute Gasteiger partial charge is 0.378 e. The van der Waals surface area contributed by atoms with Crippen molar-refractivity contribution in [3.8, 4) is 0 Å². The first-order valence-corrected chi connectivity index (χ1v) is 8.75. The van der Waals surface area contributed by atoms with Crippen molar-refractivity contribution in [3.05, 3.63) is 6.20 Å². The van der Waals surface area contributed by atoms with Gasteiger partial charge in [-0.1, -0.05) is 11.3 Å². The Kier molecular flexibility index (Phi) is 3.50. The number of hydrogen-bond acceptors (Lipinski definition) is 6. The minimum Gasteiger partial charge on any atom is -0.378 e. The first-order chi connectivity index (χ1) is 9.02. The lowest BCUT2D eigenvalue weighted by atomic mass is 10.0. The molecule has 2 fully saturated rings. The van der Waals surface area contributed by atoms with E-state index >= 15 is 0 Å². The molecular weight excluding hydrogens is 286 g/mol. The van der Waals surface area contributed by atoms with Crippen molar-refractivity contribution in [1.29, 1.82) is 0 Å². The standard InChI is InChI=1S/C11H17N3O3S2/c12-19(15,16)10-6-13-11(18-10)14-8-3-4-17-9(5-8)7-1-2-7/h6-9H,1-5H2,(H,13,14)(H2,12,15,16). The van der Waals surface area contributed by atoms with Gasteiger partial charge in [-0.15, -0.1) is 0 Å². The Morgan fingerprint density at radius 3 is 2.84 bits per heavy atom. The quantitative estimate of drug-likeness (QED) is 0.870. The zero-order chi connectivity index (χ0) is 13.5. The van der Waals surface area contributed by atoms with Crippen LogP contribution in [0.25, 0.3) is 0 Å². The molecule has 1 aromatic rings. The minimum absolute atomic E-state index is 0.0980. The van der Waals surface area contributed by atoms with Gasteiger partial charge in [0.1, 0.15) is 0 Å². The monoisotopic (exact) mass is 303 g/mol. The highest BCUT2D eigenvalue weighted by molar-refractivity contribution is 7.91. The number of aromatic nitrogens is 1. The lowest BCUT2D eigenvalue weighted by Crippen LogP contribution is -2.35. The van der Waals surface area contributed by atoms with Crippen LogP contribution in [-0.4, -0.2) is 32.2 Å². The fraction of sp³-hybridized carbons (Fsp3) is 0.727. The molecule has 0 aromatic carbocycles. The van der Waals surface area contributed by atoms with Crippen LogP contribution >= 0.6 is 11.3 Å². The normalized spacial score (nSPS) is 28.3. The van der Waals surface area contributed by atoms with E-state index < -0.39 is 10.0 Å². The molecule has 1 saturated heterocycles. The molecule has 0 bridgehead atoms. The van der Waals surface area contributed by atoms with Crippen molar-refractivity contribution >= 4 is 26.5 Å². The third-order valence-corrected chi connectivity index (χ3v) is 5.89. The number of thiazole rings is 1. The van der Waals surface area contributed by atoms with E-state index in [1.165, 1.54) is 19.0 Å². The molecule has 2 atom stereocenters. The van der Waals surface area contributed by atoms with Crippen LogP contribution in [0.1, 0.15) is 25.7 Å². The average Bonchev–Trinajstić information content (AvgIpc) is 3.09. The second kappa shape index (κ2) is 5.01. The molecule has 1 aliphatic heterocycles. The maximum atomic E-state index is 11.2. The van der Waals surface area contributed by atoms with Crippen molar-refractivity contribution in [2.45, 2.75) is 42.0 Å². The van der Waals surface area contributed by atoms with Gasteiger partial charge in [-0.05, 0) is 31.6 Å². The fourth-order valence-corrected chi connectivity index (χ4v) is 3.92. The van der Waals surface area contributed by atoms with Gasteiger partial charge in [0.25, 0.3) is 0 Å². The Morgan fingerprint density at radius 1 is 1.42 bits per heavy atom. The third-order valence-electron chi connectivity index (χ3n) is 3.56. The average molecular weight is 303 g/mol. The number of ether oxygens (including phenoxy) is 1. The summed E-state index contributed by atoms with van der Waals surface area (Å²) in [5.41, 5.74) is 0. The van der Waals surface area contributed by atoms with Crippen LogP contribution in [0, 0.1) is 5.92 Å². The van der Waals surface area contributed by atoms with Crippen LogP contribution in [0.4, 0.5) is 5.13 Å². The van der Waals surface area contributed by atoms with E-state index in [4.69, 9.17) is 9.88 Å². The molecule has 1 aromatic heterocycles. The summed E-state index contributed by atoms with van der Waals surface area (Å²) in [6.07, 6.45) is 6.08. The number of sulfonamides is 1. The molecule has 2 unspecified atom stereocenters. The van der Waals surface area contributed by atoms with Gasteiger partial charge in [0.15, 0.2) is 9.34 Å². The van der Waals surface area contributed by atoms with Gasteiger partial charge in [0.2, 0.25) is 10.0 Å². The first kappa shape index (κ1) is 13.3. The summed E-state index contributed by atoms with van der Waals surface area (Å²) in [5.74, 6) is 0.723. The molecule has 3 rings (SSSR count). The molecule has 0 spiro atoms. The van der Waals surface area contributed by atoms with E-state index in [0.717, 1.165) is 36.7 Å². The SMILES string of the molecule is NS(=O)(=O)c1cnc(NC2CCOC(C3CC3)C2)s1. The number of rotatable bonds is 4. The molecule has 3 N–H and O–H groups in total. The molecular formula is C11H17N3O3S2. The van der Waals surface area contributed by atoms with E-state index in [2.05, 4.69) is 10.3 Å². The van der Waals surface area contributed by atoms with E-state index in [9.17, 15) is 8.42 Å². The minimum atomic E-state index is -3.65. The van der Waals surface area contributed by atoms with E-state index in [-0.39, 0.29) is 4.21 Å². The zero-order valence-electron chi connectivity index (χ0n) is 10.4. The molecule has 106 valence electrons. The van der Waals surface area contributed by atoms with Crippen LogP contribution in [0.15, 0.2) is 10.4 Å². The predicted molar refractivity (Wildman–Crippen MR) is 72.6 cm³/mol. The maximum absolute atomic E-state index is 11.2.